The summed E-state index contributed by atoms with van der Waals surface area (Å²) >= 11 is 0.686. The number of carbonyl (C=O) groups is 1. The van der Waals surface area contributed by atoms with Crippen molar-refractivity contribution in [3.8, 4) is 0 Å². The van der Waals surface area contributed by atoms with Gasteiger partial charge in [0.2, 0.25) is 5.78 Å². The first kappa shape index (κ1) is 19.6. The first-order valence-electron chi connectivity index (χ1n) is 6.01. The molecule has 1 aliphatic rings. The number of rotatable bonds is 4. The van der Waals surface area contributed by atoms with Gasteiger partial charge in [0.05, 0.1) is 4.88 Å². The fourth-order valence-corrected chi connectivity index (χ4v) is 2.46. The van der Waals surface area contributed by atoms with E-state index >= 15 is 0 Å². The largest absolute Gasteiger partial charge is 0.506 e. The number of hydrogen-bond acceptors (Lipinski definition) is 4. The quantitative estimate of drug-likeness (QED) is 0.463. The van der Waals surface area contributed by atoms with Gasteiger partial charge in [-0.15, -0.1) is 11.3 Å². The Bertz CT molecular complexity index is 713. The normalized spacial score (nSPS) is 28.1. The fraction of sp³-hybridized carbons (Fsp3) is 0.417. The van der Waals surface area contributed by atoms with E-state index in [0.717, 1.165) is 6.07 Å². The number of ketones is 1. The van der Waals surface area contributed by atoms with Crippen molar-refractivity contribution in [3.63, 3.8) is 0 Å². The predicted octanol–water partition coefficient (Wildman–Crippen LogP) is 4.41. The standard InChI is InChI=1S/C12H5F9O3S/c13-8(14,7(23)4-5(22)6-2-1-3-25-6)11(19)9(15,16)10(17,18)12(20,21)24-11/h1-4,22H/b5-4-. The minimum absolute atomic E-state index is 0.244. The maximum Gasteiger partial charge on any atom is 0.428 e. The SMILES string of the molecule is O=C(/C=C(\O)c1cccs1)C(F)(F)C1(F)OC(F)(F)C(F)(F)C1(F)F. The summed E-state index contributed by atoms with van der Waals surface area (Å²) in [7, 11) is 0. The molecule has 1 atom stereocenters. The lowest BCUT2D eigenvalue weighted by molar-refractivity contribution is -0.366. The summed E-state index contributed by atoms with van der Waals surface area (Å²) in [5, 5.41) is 10.7. The molecule has 0 amide bonds. The zero-order valence-corrected chi connectivity index (χ0v) is 12.2. The van der Waals surface area contributed by atoms with Gasteiger partial charge in [-0.25, -0.2) is 0 Å². The highest BCUT2D eigenvalue weighted by Gasteiger charge is 2.95. The van der Waals surface area contributed by atoms with Gasteiger partial charge in [0.25, 0.3) is 0 Å². The van der Waals surface area contributed by atoms with Crippen molar-refractivity contribution in [3.05, 3.63) is 28.5 Å². The van der Waals surface area contributed by atoms with Crippen molar-refractivity contribution in [2.45, 2.75) is 29.7 Å². The molecule has 1 saturated heterocycles. The van der Waals surface area contributed by atoms with E-state index in [1.165, 1.54) is 11.4 Å². The molecule has 1 aromatic rings. The summed E-state index contributed by atoms with van der Waals surface area (Å²) in [5.41, 5.74) is 0. The average molecular weight is 400 g/mol. The third-order valence-electron chi connectivity index (χ3n) is 3.19. The van der Waals surface area contributed by atoms with Crippen LogP contribution in [0, 0.1) is 0 Å². The molecule has 25 heavy (non-hydrogen) atoms. The molecule has 0 spiro atoms. The van der Waals surface area contributed by atoms with Gasteiger partial charge in [0.15, 0.2) is 0 Å². The number of ether oxygens (including phenoxy) is 1. The van der Waals surface area contributed by atoms with E-state index in [0.29, 0.717) is 11.3 Å². The second-order valence-electron chi connectivity index (χ2n) is 4.81. The van der Waals surface area contributed by atoms with Crippen LogP contribution in [0.2, 0.25) is 0 Å². The van der Waals surface area contributed by atoms with Crippen LogP contribution in [0.3, 0.4) is 0 Å². The van der Waals surface area contributed by atoms with Gasteiger partial charge < -0.3 is 5.11 Å². The minimum Gasteiger partial charge on any atom is -0.506 e. The maximum absolute atomic E-state index is 13.9. The first-order valence-corrected chi connectivity index (χ1v) is 6.89. The molecule has 1 N–H and O–H groups in total. The number of alkyl halides is 9. The Morgan fingerprint density at radius 1 is 1.12 bits per heavy atom. The molecular weight excluding hydrogens is 395 g/mol. The molecule has 140 valence electrons. The zero-order valence-electron chi connectivity index (χ0n) is 11.4. The van der Waals surface area contributed by atoms with Crippen molar-refractivity contribution < 1.29 is 54.2 Å². The van der Waals surface area contributed by atoms with Crippen molar-refractivity contribution >= 4 is 22.9 Å². The maximum atomic E-state index is 13.9. The lowest BCUT2D eigenvalue weighted by Crippen LogP contribution is -2.62. The molecule has 3 nitrogen and oxygen atoms in total. The lowest BCUT2D eigenvalue weighted by Gasteiger charge is -2.31. The number of carbonyl (C=O) groups excluding carboxylic acids is 1. The molecular formula is C12H5F9O3S. The number of aliphatic hydroxyl groups excluding tert-OH is 1. The highest BCUT2D eigenvalue weighted by molar-refractivity contribution is 7.11. The van der Waals surface area contributed by atoms with Crippen LogP contribution in [0.4, 0.5) is 39.5 Å². The van der Waals surface area contributed by atoms with Gasteiger partial charge >= 0.3 is 29.7 Å². The second-order valence-corrected chi connectivity index (χ2v) is 5.76. The Morgan fingerprint density at radius 2 is 1.68 bits per heavy atom. The molecule has 0 radical (unpaired) electrons. The van der Waals surface area contributed by atoms with E-state index in [4.69, 9.17) is 0 Å². The van der Waals surface area contributed by atoms with Crippen molar-refractivity contribution in [2.24, 2.45) is 0 Å². The monoisotopic (exact) mass is 400 g/mol. The Labute approximate surface area is 136 Å². The van der Waals surface area contributed by atoms with E-state index in [1.54, 1.807) is 0 Å². The summed E-state index contributed by atoms with van der Waals surface area (Å²) in [6, 6.07) is 2.36. The average Bonchev–Trinajstić information content (AvgIpc) is 3.02. The molecule has 13 heteroatoms. The van der Waals surface area contributed by atoms with Crippen LogP contribution in [0.1, 0.15) is 4.88 Å². The van der Waals surface area contributed by atoms with Gasteiger partial charge in [-0.1, -0.05) is 6.07 Å². The number of halogens is 9. The Hall–Kier alpha value is -1.76. The zero-order chi connectivity index (χ0) is 19.5. The first-order chi connectivity index (χ1) is 11.1. The topological polar surface area (TPSA) is 46.5 Å². The predicted molar refractivity (Wildman–Crippen MR) is 64.6 cm³/mol. The molecule has 1 aromatic heterocycles. The molecule has 1 fully saturated rings. The molecule has 0 saturated carbocycles. The molecule has 0 aromatic carbocycles. The van der Waals surface area contributed by atoms with Gasteiger partial charge in [-0.3, -0.25) is 9.53 Å². The second kappa shape index (κ2) is 5.37. The van der Waals surface area contributed by atoms with Crippen LogP contribution >= 0.6 is 11.3 Å². The molecule has 0 bridgehead atoms. The third kappa shape index (κ3) is 2.43. The summed E-state index contributed by atoms with van der Waals surface area (Å²) in [5.74, 6) is -30.2. The van der Waals surface area contributed by atoms with E-state index in [1.807, 2.05) is 0 Å². The number of allylic oxidation sites excluding steroid dienone is 1. The van der Waals surface area contributed by atoms with Gasteiger partial charge in [0, 0.05) is 6.08 Å². The van der Waals surface area contributed by atoms with Crippen LogP contribution in [-0.4, -0.2) is 40.6 Å². The minimum atomic E-state index is -6.75. The smallest absolute Gasteiger partial charge is 0.428 e. The van der Waals surface area contributed by atoms with Gasteiger partial charge in [-0.2, -0.15) is 39.5 Å². The van der Waals surface area contributed by atoms with Crippen LogP contribution in [0.5, 0.6) is 0 Å². The van der Waals surface area contributed by atoms with Crippen LogP contribution < -0.4 is 0 Å². The van der Waals surface area contributed by atoms with Crippen molar-refractivity contribution in [1.29, 1.82) is 0 Å². The molecule has 1 unspecified atom stereocenters. The van der Waals surface area contributed by atoms with Crippen LogP contribution in [-0.2, 0) is 9.53 Å². The van der Waals surface area contributed by atoms with E-state index in [9.17, 15) is 49.4 Å². The molecule has 2 rings (SSSR count). The van der Waals surface area contributed by atoms with Gasteiger partial charge in [0.1, 0.15) is 5.76 Å². The number of aliphatic hydroxyl groups is 1. The third-order valence-corrected chi connectivity index (χ3v) is 4.08. The van der Waals surface area contributed by atoms with Crippen LogP contribution in [0.15, 0.2) is 23.6 Å². The Balaban J connectivity index is 2.48. The van der Waals surface area contributed by atoms with E-state index in [-0.39, 0.29) is 4.88 Å². The highest BCUT2D eigenvalue weighted by Crippen LogP contribution is 2.64. The summed E-state index contributed by atoms with van der Waals surface area (Å²) in [6.45, 7) is 0. The van der Waals surface area contributed by atoms with Crippen molar-refractivity contribution in [1.82, 2.24) is 0 Å². The summed E-state index contributed by atoms with van der Waals surface area (Å²) in [6.07, 6.45) is -6.77. The Morgan fingerprint density at radius 3 is 2.08 bits per heavy atom. The van der Waals surface area contributed by atoms with E-state index in [2.05, 4.69) is 4.74 Å². The summed E-state index contributed by atoms with van der Waals surface area (Å²) in [4.78, 5) is 11.1. The number of thiophene rings is 1. The fourth-order valence-electron chi connectivity index (χ4n) is 1.82. The van der Waals surface area contributed by atoms with E-state index < -0.39 is 47.3 Å². The highest BCUT2D eigenvalue weighted by atomic mass is 32.1. The van der Waals surface area contributed by atoms with Crippen molar-refractivity contribution in [2.75, 3.05) is 0 Å². The summed E-state index contributed by atoms with van der Waals surface area (Å²) < 4.78 is 122. The molecule has 1 aliphatic heterocycles. The molecule has 0 aliphatic carbocycles. The lowest BCUT2D eigenvalue weighted by atomic mass is 9.96. The van der Waals surface area contributed by atoms with Gasteiger partial charge in [-0.05, 0) is 11.4 Å². The Kier molecular flexibility index (Phi) is 4.20. The number of hydrogen-bond donors (Lipinski definition) is 1. The molecule has 2 heterocycles. The van der Waals surface area contributed by atoms with Crippen LogP contribution in [0.25, 0.3) is 5.76 Å².